The second-order valence-electron chi connectivity index (χ2n) is 7.65. The monoisotopic (exact) mass is 403 g/mol. The van der Waals surface area contributed by atoms with E-state index in [4.69, 9.17) is 9.72 Å². The Morgan fingerprint density at radius 2 is 1.87 bits per heavy atom. The lowest BCUT2D eigenvalue weighted by Crippen LogP contribution is -2.27. The first-order chi connectivity index (χ1) is 14.5. The molecule has 4 rings (SSSR count). The van der Waals surface area contributed by atoms with E-state index in [9.17, 15) is 4.39 Å². The van der Waals surface area contributed by atoms with Gasteiger partial charge in [0.05, 0.1) is 24.4 Å². The van der Waals surface area contributed by atoms with Gasteiger partial charge in [0.15, 0.2) is 0 Å². The first kappa shape index (κ1) is 20.0. The summed E-state index contributed by atoms with van der Waals surface area (Å²) >= 11 is 0. The number of aromatic nitrogens is 2. The fourth-order valence-corrected chi connectivity index (χ4v) is 3.95. The van der Waals surface area contributed by atoms with E-state index in [0.717, 1.165) is 40.3 Å². The molecular weight excluding hydrogens is 377 g/mol. The van der Waals surface area contributed by atoms with Gasteiger partial charge in [-0.15, -0.1) is 0 Å². The summed E-state index contributed by atoms with van der Waals surface area (Å²) in [4.78, 5) is 10.5. The van der Waals surface area contributed by atoms with E-state index < -0.39 is 0 Å². The van der Waals surface area contributed by atoms with Crippen molar-refractivity contribution >= 4 is 16.6 Å². The Labute approximate surface area is 176 Å². The molecule has 0 aliphatic heterocycles. The average molecular weight is 404 g/mol. The van der Waals surface area contributed by atoms with Crippen molar-refractivity contribution in [3.63, 3.8) is 0 Å². The van der Waals surface area contributed by atoms with Crippen molar-refractivity contribution in [2.24, 2.45) is 0 Å². The molecule has 2 aromatic carbocycles. The molecule has 0 saturated carbocycles. The molecule has 0 aliphatic rings. The smallest absolute Gasteiger partial charge is 0.123 e. The summed E-state index contributed by atoms with van der Waals surface area (Å²) in [6.45, 7) is 4.21. The number of halogens is 1. The van der Waals surface area contributed by atoms with E-state index in [1.54, 1.807) is 19.2 Å². The molecule has 1 N–H and O–H groups in total. The van der Waals surface area contributed by atoms with Gasteiger partial charge in [-0.05, 0) is 73.9 Å². The van der Waals surface area contributed by atoms with Gasteiger partial charge in [0.1, 0.15) is 11.6 Å². The molecule has 2 heterocycles. The minimum Gasteiger partial charge on any atom is -0.497 e. The van der Waals surface area contributed by atoms with Gasteiger partial charge >= 0.3 is 0 Å². The third kappa shape index (κ3) is 3.75. The highest BCUT2D eigenvalue weighted by atomic mass is 19.1. The minimum absolute atomic E-state index is 0.0521. The van der Waals surface area contributed by atoms with E-state index in [-0.39, 0.29) is 11.9 Å². The number of benzene rings is 2. The van der Waals surface area contributed by atoms with Crippen LogP contribution < -0.4 is 9.64 Å². The molecule has 1 atom stereocenters. The Morgan fingerprint density at radius 1 is 1.10 bits per heavy atom. The van der Waals surface area contributed by atoms with Crippen molar-refractivity contribution in [1.29, 1.82) is 0 Å². The first-order valence-corrected chi connectivity index (χ1v) is 10.0. The molecule has 0 bridgehead atoms. The van der Waals surface area contributed by atoms with E-state index in [2.05, 4.69) is 41.9 Å². The second kappa shape index (κ2) is 8.19. The molecular formula is C25H26FN3O. The summed E-state index contributed by atoms with van der Waals surface area (Å²) in [5.41, 5.74) is 6.48. The van der Waals surface area contributed by atoms with Crippen LogP contribution in [-0.4, -0.2) is 24.1 Å². The maximum Gasteiger partial charge on any atom is 0.123 e. The van der Waals surface area contributed by atoms with Crippen LogP contribution in [-0.2, 0) is 6.42 Å². The molecule has 5 heteroatoms. The first-order valence-electron chi connectivity index (χ1n) is 10.0. The van der Waals surface area contributed by atoms with Crippen LogP contribution in [0.4, 0.5) is 10.1 Å². The number of fused-ring (bicyclic) bond motifs is 1. The largest absolute Gasteiger partial charge is 0.497 e. The van der Waals surface area contributed by atoms with Crippen molar-refractivity contribution in [3.8, 4) is 5.75 Å². The molecule has 2 aromatic heterocycles. The van der Waals surface area contributed by atoms with Crippen LogP contribution in [0.3, 0.4) is 0 Å². The van der Waals surface area contributed by atoms with Gasteiger partial charge < -0.3 is 14.6 Å². The number of H-pyrrole nitrogens is 1. The number of ether oxygens (including phenoxy) is 1. The van der Waals surface area contributed by atoms with Crippen molar-refractivity contribution < 1.29 is 9.13 Å². The van der Waals surface area contributed by atoms with Gasteiger partial charge in [-0.3, -0.25) is 4.98 Å². The van der Waals surface area contributed by atoms with Crippen LogP contribution >= 0.6 is 0 Å². The standard InChI is InChI=1S/C25H26FN3O/c1-16-17(2)28-24-22(16)12-13-27-25(24)23(15-18-6-5-7-21(14-18)30-4)29(3)20-10-8-19(26)9-11-20/h5-14,23,28H,15H2,1-4H3. The normalized spacial score (nSPS) is 12.2. The molecule has 4 nitrogen and oxygen atoms in total. The zero-order chi connectivity index (χ0) is 21.3. The predicted molar refractivity (Wildman–Crippen MR) is 120 cm³/mol. The van der Waals surface area contributed by atoms with E-state index in [1.807, 2.05) is 25.4 Å². The van der Waals surface area contributed by atoms with Gasteiger partial charge in [-0.25, -0.2) is 4.39 Å². The molecule has 4 aromatic rings. The molecule has 0 spiro atoms. The van der Waals surface area contributed by atoms with Crippen molar-refractivity contribution in [2.45, 2.75) is 26.3 Å². The number of nitrogens with one attached hydrogen (secondary N) is 1. The number of pyridine rings is 1. The Kier molecular flexibility index (Phi) is 5.44. The number of aromatic amines is 1. The van der Waals surface area contributed by atoms with Gasteiger partial charge in [-0.1, -0.05) is 12.1 Å². The van der Waals surface area contributed by atoms with Crippen LogP contribution in [0.2, 0.25) is 0 Å². The molecule has 0 amide bonds. The molecule has 1 unspecified atom stereocenters. The Bertz CT molecular complexity index is 1170. The molecule has 0 saturated heterocycles. The minimum atomic E-state index is -0.243. The van der Waals surface area contributed by atoms with Crippen LogP contribution in [0.15, 0.2) is 60.8 Å². The summed E-state index contributed by atoms with van der Waals surface area (Å²) in [5.74, 6) is 0.584. The number of likely N-dealkylation sites (N-methyl/N-ethyl adjacent to an activating group) is 1. The Balaban J connectivity index is 1.83. The predicted octanol–water partition coefficient (Wildman–Crippen LogP) is 5.75. The summed E-state index contributed by atoms with van der Waals surface area (Å²) in [6.07, 6.45) is 2.60. The number of nitrogens with zero attached hydrogens (tertiary/aromatic N) is 2. The SMILES string of the molecule is COc1cccc(CC(c2nccc3c(C)c(C)[nH]c23)N(C)c2ccc(F)cc2)c1. The van der Waals surface area contributed by atoms with Crippen LogP contribution in [0, 0.1) is 19.7 Å². The van der Waals surface area contributed by atoms with Crippen LogP contribution in [0.5, 0.6) is 5.75 Å². The summed E-state index contributed by atoms with van der Waals surface area (Å²) in [7, 11) is 3.70. The zero-order valence-electron chi connectivity index (χ0n) is 17.7. The highest BCUT2D eigenvalue weighted by molar-refractivity contribution is 5.86. The van der Waals surface area contributed by atoms with Crippen molar-refractivity contribution in [1.82, 2.24) is 9.97 Å². The highest BCUT2D eigenvalue weighted by Gasteiger charge is 2.24. The number of hydrogen-bond acceptors (Lipinski definition) is 3. The number of anilines is 1. The lowest BCUT2D eigenvalue weighted by atomic mass is 9.99. The van der Waals surface area contributed by atoms with E-state index >= 15 is 0 Å². The molecule has 30 heavy (non-hydrogen) atoms. The second-order valence-corrected chi connectivity index (χ2v) is 7.65. The molecule has 0 radical (unpaired) electrons. The van der Waals surface area contributed by atoms with Gasteiger partial charge in [0.25, 0.3) is 0 Å². The third-order valence-electron chi connectivity index (χ3n) is 5.84. The fraction of sp³-hybridized carbons (Fsp3) is 0.240. The summed E-state index contributed by atoms with van der Waals surface area (Å²) in [5, 5.41) is 1.18. The zero-order valence-corrected chi connectivity index (χ0v) is 17.7. The van der Waals surface area contributed by atoms with Gasteiger partial charge in [-0.2, -0.15) is 0 Å². The maximum absolute atomic E-state index is 13.5. The average Bonchev–Trinajstić information content (AvgIpc) is 3.06. The highest BCUT2D eigenvalue weighted by Crippen LogP contribution is 2.34. The number of hydrogen-bond donors (Lipinski definition) is 1. The van der Waals surface area contributed by atoms with E-state index in [0.29, 0.717) is 0 Å². The quantitative estimate of drug-likeness (QED) is 0.446. The third-order valence-corrected chi connectivity index (χ3v) is 5.84. The number of methoxy groups -OCH3 is 1. The number of aryl methyl sites for hydroxylation is 2. The van der Waals surface area contributed by atoms with Crippen molar-refractivity contribution in [3.05, 3.63) is 89.1 Å². The van der Waals surface area contributed by atoms with Gasteiger partial charge in [0, 0.05) is 30.0 Å². The summed E-state index contributed by atoms with van der Waals surface area (Å²) in [6, 6.07) is 16.7. The van der Waals surface area contributed by atoms with Crippen LogP contribution in [0.25, 0.3) is 10.9 Å². The molecule has 0 aliphatic carbocycles. The lowest BCUT2D eigenvalue weighted by Gasteiger charge is -2.30. The Hall–Kier alpha value is -3.34. The van der Waals surface area contributed by atoms with Crippen LogP contribution in [0.1, 0.15) is 28.6 Å². The summed E-state index contributed by atoms with van der Waals surface area (Å²) < 4.78 is 18.9. The molecule has 154 valence electrons. The van der Waals surface area contributed by atoms with E-state index in [1.165, 1.54) is 23.1 Å². The molecule has 0 fully saturated rings. The van der Waals surface area contributed by atoms with Crippen molar-refractivity contribution in [2.75, 3.05) is 19.1 Å². The maximum atomic E-state index is 13.5. The Morgan fingerprint density at radius 3 is 2.60 bits per heavy atom. The lowest BCUT2D eigenvalue weighted by molar-refractivity contribution is 0.414. The topological polar surface area (TPSA) is 41.1 Å². The van der Waals surface area contributed by atoms with Gasteiger partial charge in [0.2, 0.25) is 0 Å². The fourth-order valence-electron chi connectivity index (χ4n) is 3.95. The number of rotatable bonds is 6.